The number of nitrogens with one attached hydrogen (secondary N) is 1. The lowest BCUT2D eigenvalue weighted by Gasteiger charge is -2.04. The van der Waals surface area contributed by atoms with Crippen molar-refractivity contribution < 1.29 is 4.42 Å². The molecule has 0 saturated carbocycles. The van der Waals surface area contributed by atoms with E-state index in [-0.39, 0.29) is 0 Å². The molecule has 0 radical (unpaired) electrons. The summed E-state index contributed by atoms with van der Waals surface area (Å²) in [5, 5.41) is 9.84. The fourth-order valence-electron chi connectivity index (χ4n) is 3.78. The molecule has 0 amide bonds. The molecule has 26 heavy (non-hydrogen) atoms. The quantitative estimate of drug-likeness (QED) is 0.354. The van der Waals surface area contributed by atoms with E-state index in [2.05, 4.69) is 66.0 Å². The van der Waals surface area contributed by atoms with Crippen LogP contribution in [0, 0.1) is 0 Å². The topological polar surface area (TPSA) is 25.2 Å². The van der Waals surface area contributed by atoms with Crippen LogP contribution in [0.15, 0.2) is 89.5 Å². The van der Waals surface area contributed by atoms with Crippen molar-refractivity contribution in [2.45, 2.75) is 6.42 Å². The van der Waals surface area contributed by atoms with Crippen LogP contribution >= 0.6 is 0 Å². The van der Waals surface area contributed by atoms with Gasteiger partial charge in [-0.1, -0.05) is 66.7 Å². The van der Waals surface area contributed by atoms with E-state index in [9.17, 15) is 0 Å². The number of anilines is 1. The van der Waals surface area contributed by atoms with Crippen LogP contribution in [0.5, 0.6) is 0 Å². The van der Waals surface area contributed by atoms with Crippen molar-refractivity contribution >= 4 is 38.2 Å². The minimum absolute atomic E-state index is 0.957. The highest BCUT2D eigenvalue weighted by Crippen LogP contribution is 2.31. The molecule has 0 aliphatic carbocycles. The molecular weight excluding hydrogens is 318 g/mol. The maximum atomic E-state index is 5.33. The summed E-state index contributed by atoms with van der Waals surface area (Å²) in [4.78, 5) is 0. The summed E-state index contributed by atoms with van der Waals surface area (Å²) in [6.45, 7) is 1.09. The van der Waals surface area contributed by atoms with Crippen molar-refractivity contribution in [2.24, 2.45) is 0 Å². The molecule has 5 aromatic rings. The largest absolute Gasteiger partial charge is 0.464 e. The van der Waals surface area contributed by atoms with Crippen molar-refractivity contribution in [3.63, 3.8) is 0 Å². The van der Waals surface area contributed by atoms with Gasteiger partial charge < -0.3 is 9.73 Å². The molecule has 0 fully saturated rings. The maximum Gasteiger partial charge on any atom is 0.134 e. The van der Waals surface area contributed by atoms with Gasteiger partial charge in [0.05, 0.1) is 6.26 Å². The molecule has 4 aromatic carbocycles. The lowest BCUT2D eigenvalue weighted by molar-refractivity contribution is 0.616. The molecule has 2 heterocycles. The monoisotopic (exact) mass is 337 g/mol. The lowest BCUT2D eigenvalue weighted by atomic mass is 10.0. The summed E-state index contributed by atoms with van der Waals surface area (Å²) in [6, 6.07) is 27.4. The van der Waals surface area contributed by atoms with Gasteiger partial charge in [0, 0.05) is 23.0 Å². The Labute approximate surface area is 152 Å². The normalized spacial score (nSPS) is 12.6. The Balaban J connectivity index is 0.000000115. The number of rotatable bonds is 0. The predicted molar refractivity (Wildman–Crippen MR) is 110 cm³/mol. The third-order valence-electron chi connectivity index (χ3n) is 5.07. The molecule has 1 aromatic heterocycles. The molecular formula is C24H19NO. The van der Waals surface area contributed by atoms with Gasteiger partial charge in [0.2, 0.25) is 0 Å². The third-order valence-corrected chi connectivity index (χ3v) is 5.07. The van der Waals surface area contributed by atoms with Crippen LogP contribution in [0.4, 0.5) is 5.69 Å². The van der Waals surface area contributed by atoms with Gasteiger partial charge in [-0.05, 0) is 40.3 Å². The average molecular weight is 337 g/mol. The van der Waals surface area contributed by atoms with E-state index in [4.69, 9.17) is 4.42 Å². The Morgan fingerprint density at radius 2 is 1.38 bits per heavy atom. The van der Waals surface area contributed by atoms with Gasteiger partial charge in [-0.2, -0.15) is 0 Å². The fourth-order valence-corrected chi connectivity index (χ4v) is 3.78. The van der Waals surface area contributed by atoms with Crippen molar-refractivity contribution in [3.05, 3.63) is 90.7 Å². The Morgan fingerprint density at radius 3 is 2.27 bits per heavy atom. The molecule has 0 spiro atoms. The van der Waals surface area contributed by atoms with Gasteiger partial charge in [-0.3, -0.25) is 0 Å². The van der Waals surface area contributed by atoms with Crippen LogP contribution in [0.2, 0.25) is 0 Å². The van der Waals surface area contributed by atoms with Crippen LogP contribution in [-0.2, 0) is 6.42 Å². The minimum Gasteiger partial charge on any atom is -0.464 e. The standard InChI is InChI=1S/C12H11N.C12H8O/c1-2-4-11-9(3-1)5-6-10-7-8-13-12(10)11;1-2-4-10-9(3-1)5-6-12-11(10)7-8-13-12/h1-6,13H,7-8H2;1-8H. The van der Waals surface area contributed by atoms with Crippen LogP contribution in [0.1, 0.15) is 5.56 Å². The van der Waals surface area contributed by atoms with E-state index in [1.54, 1.807) is 6.26 Å². The molecule has 0 saturated heterocycles. The minimum atomic E-state index is 0.957. The van der Waals surface area contributed by atoms with Gasteiger partial charge in [0.1, 0.15) is 5.58 Å². The summed E-state index contributed by atoms with van der Waals surface area (Å²) in [5.74, 6) is 0. The molecule has 1 N–H and O–H groups in total. The molecule has 0 atom stereocenters. The second kappa shape index (κ2) is 6.23. The van der Waals surface area contributed by atoms with Crippen molar-refractivity contribution in [2.75, 3.05) is 11.9 Å². The second-order valence-corrected chi connectivity index (χ2v) is 6.62. The predicted octanol–water partition coefficient (Wildman–Crippen LogP) is 6.39. The van der Waals surface area contributed by atoms with Crippen molar-refractivity contribution in [1.82, 2.24) is 0 Å². The highest BCUT2D eigenvalue weighted by atomic mass is 16.3. The average Bonchev–Trinajstić information content (AvgIpc) is 3.38. The third kappa shape index (κ3) is 2.51. The Bertz CT molecular complexity index is 1220. The van der Waals surface area contributed by atoms with Gasteiger partial charge >= 0.3 is 0 Å². The van der Waals surface area contributed by atoms with Crippen LogP contribution in [0.25, 0.3) is 32.5 Å². The lowest BCUT2D eigenvalue weighted by Crippen LogP contribution is -1.91. The Morgan fingerprint density at radius 1 is 0.654 bits per heavy atom. The van der Waals surface area contributed by atoms with E-state index in [1.165, 1.54) is 44.6 Å². The van der Waals surface area contributed by atoms with Gasteiger partial charge in [0.25, 0.3) is 0 Å². The van der Waals surface area contributed by atoms with Gasteiger partial charge in [-0.15, -0.1) is 0 Å². The smallest absolute Gasteiger partial charge is 0.134 e. The highest BCUT2D eigenvalue weighted by Gasteiger charge is 2.11. The summed E-state index contributed by atoms with van der Waals surface area (Å²) >= 11 is 0. The van der Waals surface area contributed by atoms with Crippen molar-refractivity contribution in [1.29, 1.82) is 0 Å². The number of hydrogen-bond acceptors (Lipinski definition) is 2. The number of fused-ring (bicyclic) bond motifs is 6. The number of hydrogen-bond donors (Lipinski definition) is 1. The zero-order valence-corrected chi connectivity index (χ0v) is 14.4. The van der Waals surface area contributed by atoms with Gasteiger partial charge in [-0.25, -0.2) is 0 Å². The van der Waals surface area contributed by atoms with Gasteiger partial charge in [0.15, 0.2) is 0 Å². The summed E-state index contributed by atoms with van der Waals surface area (Å²) in [6.07, 6.45) is 2.90. The molecule has 2 heteroatoms. The highest BCUT2D eigenvalue weighted by molar-refractivity contribution is 6.05. The van der Waals surface area contributed by atoms with E-state index in [1.807, 2.05) is 18.2 Å². The first-order valence-corrected chi connectivity index (χ1v) is 9.00. The fraction of sp³-hybridized carbons (Fsp3) is 0.0833. The van der Waals surface area contributed by atoms with E-state index >= 15 is 0 Å². The molecule has 0 bridgehead atoms. The van der Waals surface area contributed by atoms with E-state index in [0.717, 1.165) is 12.1 Å². The Kier molecular flexibility index (Phi) is 3.60. The summed E-state index contributed by atoms with van der Waals surface area (Å²) < 4.78 is 5.33. The zero-order chi connectivity index (χ0) is 17.3. The van der Waals surface area contributed by atoms with Crippen LogP contribution < -0.4 is 5.32 Å². The number of benzene rings is 4. The molecule has 6 rings (SSSR count). The first-order valence-electron chi connectivity index (χ1n) is 9.00. The maximum absolute atomic E-state index is 5.33. The zero-order valence-electron chi connectivity index (χ0n) is 14.4. The molecule has 0 unspecified atom stereocenters. The molecule has 1 aliphatic rings. The SMILES string of the molecule is c1ccc2c(c1)ccc1occc12.c1ccc2c3c(ccc2c1)CCN3. The van der Waals surface area contributed by atoms with E-state index < -0.39 is 0 Å². The summed E-state index contributed by atoms with van der Waals surface area (Å²) in [7, 11) is 0. The molecule has 2 nitrogen and oxygen atoms in total. The van der Waals surface area contributed by atoms with Crippen LogP contribution in [0.3, 0.4) is 0 Å². The second-order valence-electron chi connectivity index (χ2n) is 6.62. The summed E-state index contributed by atoms with van der Waals surface area (Å²) in [5.41, 5.74) is 3.76. The van der Waals surface area contributed by atoms with Crippen molar-refractivity contribution in [3.8, 4) is 0 Å². The van der Waals surface area contributed by atoms with Crippen LogP contribution in [-0.4, -0.2) is 6.54 Å². The molecule has 126 valence electrons. The molecule has 1 aliphatic heterocycles. The van der Waals surface area contributed by atoms with E-state index in [0.29, 0.717) is 0 Å². The first kappa shape index (κ1) is 15.0. The Hall–Kier alpha value is -3.26. The first-order chi connectivity index (χ1) is 12.9. The number of furan rings is 1.